The van der Waals surface area contributed by atoms with Crippen LogP contribution in [0.25, 0.3) is 5.69 Å². The number of carbonyl (C=O) groups is 1. The number of ether oxygens (including phenoxy) is 2. The molecule has 1 heterocycles. The third-order valence-electron chi connectivity index (χ3n) is 5.81. The van der Waals surface area contributed by atoms with E-state index < -0.39 is 23.8 Å². The van der Waals surface area contributed by atoms with Crippen molar-refractivity contribution in [1.29, 1.82) is 0 Å². The Hall–Kier alpha value is -3.77. The van der Waals surface area contributed by atoms with Crippen LogP contribution in [0.3, 0.4) is 0 Å². The van der Waals surface area contributed by atoms with Crippen LogP contribution in [0.2, 0.25) is 0 Å². The maximum atomic E-state index is 14.5. The van der Waals surface area contributed by atoms with Gasteiger partial charge in [-0.15, -0.1) is 4.68 Å². The highest BCUT2D eigenvalue weighted by Crippen LogP contribution is 2.33. The molecule has 0 spiro atoms. The first-order chi connectivity index (χ1) is 16.4. The number of aromatic nitrogens is 4. The van der Waals surface area contributed by atoms with Crippen molar-refractivity contribution in [2.75, 3.05) is 19.1 Å². The second-order valence-corrected chi connectivity index (χ2v) is 7.77. The van der Waals surface area contributed by atoms with Gasteiger partial charge in [-0.3, -0.25) is 4.90 Å². The fourth-order valence-corrected chi connectivity index (χ4v) is 4.19. The summed E-state index contributed by atoms with van der Waals surface area (Å²) >= 11 is 0. The van der Waals surface area contributed by atoms with Crippen molar-refractivity contribution in [3.05, 3.63) is 58.3 Å². The van der Waals surface area contributed by atoms with Crippen LogP contribution >= 0.6 is 0 Å². The summed E-state index contributed by atoms with van der Waals surface area (Å²) < 4.78 is 26.0. The predicted molar refractivity (Wildman–Crippen MR) is 118 cm³/mol. The molecule has 1 fully saturated rings. The van der Waals surface area contributed by atoms with E-state index in [1.165, 1.54) is 43.4 Å². The second-order valence-electron chi connectivity index (χ2n) is 7.77. The van der Waals surface area contributed by atoms with Gasteiger partial charge in [0.1, 0.15) is 17.2 Å². The van der Waals surface area contributed by atoms with Gasteiger partial charge in [-0.05, 0) is 53.6 Å². The van der Waals surface area contributed by atoms with Crippen LogP contribution < -0.4 is 20.1 Å². The summed E-state index contributed by atoms with van der Waals surface area (Å²) in [6.45, 7) is 0. The quantitative estimate of drug-likeness (QED) is 0.410. The molecule has 34 heavy (non-hydrogen) atoms. The average Bonchev–Trinajstić information content (AvgIpc) is 3.49. The number of aliphatic hydroxyl groups excluding tert-OH is 1. The molecular formula is C22H24FN5O6. The minimum atomic E-state index is -1.84. The lowest BCUT2D eigenvalue weighted by Crippen LogP contribution is -2.46. The summed E-state index contributed by atoms with van der Waals surface area (Å²) in [6, 6.07) is 7.43. The first kappa shape index (κ1) is 23.4. The molecule has 0 atom stereocenters. The van der Waals surface area contributed by atoms with Crippen LogP contribution in [0.4, 0.5) is 14.9 Å². The van der Waals surface area contributed by atoms with Gasteiger partial charge in [-0.1, -0.05) is 18.9 Å². The molecule has 4 rings (SSSR count). The van der Waals surface area contributed by atoms with E-state index in [4.69, 9.17) is 9.47 Å². The summed E-state index contributed by atoms with van der Waals surface area (Å²) in [5.74, 6) is -0.497. The zero-order chi connectivity index (χ0) is 24.4. The fourth-order valence-electron chi connectivity index (χ4n) is 4.19. The summed E-state index contributed by atoms with van der Waals surface area (Å²) in [4.78, 5) is 28.0. The second kappa shape index (κ2) is 9.61. The molecule has 1 saturated carbocycles. The van der Waals surface area contributed by atoms with Gasteiger partial charge < -0.3 is 19.7 Å². The molecule has 180 valence electrons. The highest BCUT2D eigenvalue weighted by atomic mass is 19.1. The topological polar surface area (TPSA) is 132 Å². The smallest absolute Gasteiger partial charge is 0.377 e. The number of anilines is 1. The van der Waals surface area contributed by atoms with Crippen molar-refractivity contribution in [1.82, 2.24) is 19.8 Å². The molecule has 2 N–H and O–H groups in total. The molecule has 0 radical (unpaired) electrons. The number of tetrazole rings is 1. The molecule has 12 heteroatoms. The van der Waals surface area contributed by atoms with Crippen LogP contribution in [0.1, 0.15) is 37.5 Å². The highest BCUT2D eigenvalue weighted by Gasteiger charge is 2.33. The fraction of sp³-hybridized carbons (Fsp3) is 0.364. The van der Waals surface area contributed by atoms with E-state index in [0.29, 0.717) is 27.9 Å². The van der Waals surface area contributed by atoms with Gasteiger partial charge in [-0.2, -0.15) is 4.68 Å². The Bertz CT molecular complexity index is 1250. The molecule has 2 aromatic carbocycles. The van der Waals surface area contributed by atoms with Crippen LogP contribution in [0.15, 0.2) is 41.2 Å². The molecule has 3 aromatic rings. The monoisotopic (exact) mass is 473 g/mol. The summed E-state index contributed by atoms with van der Waals surface area (Å²) in [7, 11) is 2.70. The van der Waals surface area contributed by atoms with Gasteiger partial charge in [0.05, 0.1) is 19.8 Å². The molecule has 0 aliphatic heterocycles. The maximum Gasteiger partial charge on any atom is 0.377 e. The number of nitrogens with zero attached hydrogens (tertiary/aromatic N) is 5. The Kier molecular flexibility index (Phi) is 6.61. The number of hydrogen-bond donors (Lipinski definition) is 2. The summed E-state index contributed by atoms with van der Waals surface area (Å²) in [5, 5.41) is 26.9. The van der Waals surface area contributed by atoms with E-state index in [0.717, 1.165) is 18.9 Å². The molecule has 0 bridgehead atoms. The zero-order valence-electron chi connectivity index (χ0n) is 18.6. The van der Waals surface area contributed by atoms with Gasteiger partial charge in [0, 0.05) is 11.7 Å². The molecule has 1 aliphatic carbocycles. The molecule has 1 aliphatic rings. The van der Waals surface area contributed by atoms with Gasteiger partial charge in [0.15, 0.2) is 12.1 Å². The van der Waals surface area contributed by atoms with Crippen molar-refractivity contribution >= 4 is 11.7 Å². The van der Waals surface area contributed by atoms with Crippen molar-refractivity contribution in [3.8, 4) is 17.2 Å². The van der Waals surface area contributed by atoms with Crippen molar-refractivity contribution in [2.24, 2.45) is 0 Å². The van der Waals surface area contributed by atoms with E-state index in [2.05, 4.69) is 10.4 Å². The predicted octanol–water partition coefficient (Wildman–Crippen LogP) is 1.99. The van der Waals surface area contributed by atoms with E-state index in [-0.39, 0.29) is 28.8 Å². The SMILES string of the molecule is COc1ccc(N(C(=O)n2nnn(-c3c(F)cccc3OC)c2=O)C2CCCC2)cc1C(O)O. The molecule has 0 unspecified atom stereocenters. The van der Waals surface area contributed by atoms with Gasteiger partial charge in [0.25, 0.3) is 0 Å². The normalized spacial score (nSPS) is 13.9. The Balaban J connectivity index is 1.80. The first-order valence-corrected chi connectivity index (χ1v) is 10.6. The number of para-hydroxylation sites is 1. The van der Waals surface area contributed by atoms with E-state index >= 15 is 0 Å². The number of rotatable bonds is 6. The number of methoxy groups -OCH3 is 2. The third kappa shape index (κ3) is 4.13. The molecule has 0 saturated heterocycles. The van der Waals surface area contributed by atoms with Crippen LogP contribution in [-0.4, -0.2) is 56.3 Å². The maximum absolute atomic E-state index is 14.5. The first-order valence-electron chi connectivity index (χ1n) is 10.6. The van der Waals surface area contributed by atoms with Crippen LogP contribution in [-0.2, 0) is 0 Å². The Labute approximate surface area is 193 Å². The number of carbonyl (C=O) groups excluding carboxylic acids is 1. The van der Waals surface area contributed by atoms with Crippen molar-refractivity contribution in [3.63, 3.8) is 0 Å². The van der Waals surface area contributed by atoms with Gasteiger partial charge in [-0.25, -0.2) is 14.0 Å². The number of hydrogen-bond acceptors (Lipinski definition) is 8. The number of halogens is 1. The molecular weight excluding hydrogens is 449 g/mol. The zero-order valence-corrected chi connectivity index (χ0v) is 18.6. The number of amides is 1. The Morgan fingerprint density at radius 1 is 1.12 bits per heavy atom. The molecule has 11 nitrogen and oxygen atoms in total. The minimum absolute atomic E-state index is 0.0472. The lowest BCUT2D eigenvalue weighted by molar-refractivity contribution is -0.0438. The highest BCUT2D eigenvalue weighted by molar-refractivity contribution is 5.93. The van der Waals surface area contributed by atoms with Gasteiger partial charge in [0.2, 0.25) is 0 Å². The van der Waals surface area contributed by atoms with Gasteiger partial charge >= 0.3 is 11.7 Å². The Morgan fingerprint density at radius 2 is 1.82 bits per heavy atom. The summed E-state index contributed by atoms with van der Waals surface area (Å²) in [5.41, 5.74) is -0.863. The third-order valence-corrected chi connectivity index (χ3v) is 5.81. The molecule has 1 aromatic heterocycles. The van der Waals surface area contributed by atoms with E-state index in [1.807, 2.05) is 0 Å². The summed E-state index contributed by atoms with van der Waals surface area (Å²) in [6.07, 6.45) is 1.28. The van der Waals surface area contributed by atoms with E-state index in [1.54, 1.807) is 6.07 Å². The molecule has 1 amide bonds. The standard InChI is InChI=1S/C22H24FN5O6/c1-33-17-11-10-14(12-15(17)20(29)30)26(13-6-3-4-7-13)21(31)28-22(32)27(24-25-28)19-16(23)8-5-9-18(19)34-2/h5,8-13,20,29-30H,3-4,6-7H2,1-2H3. The lowest BCUT2D eigenvalue weighted by atomic mass is 10.1. The largest absolute Gasteiger partial charge is 0.496 e. The minimum Gasteiger partial charge on any atom is -0.496 e. The van der Waals surface area contributed by atoms with E-state index in [9.17, 15) is 24.2 Å². The average molecular weight is 473 g/mol. The van der Waals surface area contributed by atoms with Crippen LogP contribution in [0, 0.1) is 5.82 Å². The Morgan fingerprint density at radius 3 is 2.47 bits per heavy atom. The van der Waals surface area contributed by atoms with Crippen molar-refractivity contribution in [2.45, 2.75) is 38.0 Å². The number of benzene rings is 2. The number of aliphatic hydroxyl groups is 2. The van der Waals surface area contributed by atoms with Crippen LogP contribution in [0.5, 0.6) is 11.5 Å². The van der Waals surface area contributed by atoms with Crippen molar-refractivity contribution < 1.29 is 28.9 Å². The lowest BCUT2D eigenvalue weighted by Gasteiger charge is -2.29.